The van der Waals surface area contributed by atoms with E-state index in [-0.39, 0.29) is 0 Å². The second-order valence-corrected chi connectivity index (χ2v) is 12.8. The van der Waals surface area contributed by atoms with Crippen molar-refractivity contribution < 1.29 is 4.42 Å². The van der Waals surface area contributed by atoms with Crippen LogP contribution in [0, 0.1) is 0 Å². The lowest BCUT2D eigenvalue weighted by atomic mass is 9.96. The second-order valence-electron chi connectivity index (χ2n) is 11.7. The molecule has 0 spiro atoms. The van der Waals surface area contributed by atoms with Gasteiger partial charge in [-0.3, -0.25) is 4.98 Å². The highest BCUT2D eigenvalue weighted by molar-refractivity contribution is 7.25. The van der Waals surface area contributed by atoms with Crippen molar-refractivity contribution >= 4 is 64.2 Å². The molecular formula is C41H23N5OS. The van der Waals surface area contributed by atoms with Gasteiger partial charge >= 0.3 is 0 Å². The quantitative estimate of drug-likeness (QED) is 0.179. The molecule has 7 heteroatoms. The first-order valence-corrected chi connectivity index (χ1v) is 16.5. The lowest BCUT2D eigenvalue weighted by Gasteiger charge is -2.13. The van der Waals surface area contributed by atoms with Gasteiger partial charge in [-0.15, -0.1) is 11.3 Å². The van der Waals surface area contributed by atoms with Crippen LogP contribution in [-0.2, 0) is 0 Å². The van der Waals surface area contributed by atoms with Crippen molar-refractivity contribution in [3.63, 3.8) is 0 Å². The molecule has 4 heterocycles. The van der Waals surface area contributed by atoms with Crippen molar-refractivity contribution in [3.05, 3.63) is 140 Å². The number of thiophene rings is 1. The van der Waals surface area contributed by atoms with E-state index in [2.05, 4.69) is 83.8 Å². The van der Waals surface area contributed by atoms with Gasteiger partial charge in [0.25, 0.3) is 0 Å². The molecule has 0 saturated carbocycles. The van der Waals surface area contributed by atoms with Crippen LogP contribution in [0.15, 0.2) is 144 Å². The highest BCUT2D eigenvalue weighted by Gasteiger charge is 2.20. The van der Waals surface area contributed by atoms with E-state index in [0.717, 1.165) is 60.3 Å². The van der Waals surface area contributed by atoms with Crippen LogP contribution >= 0.6 is 11.3 Å². The normalized spacial score (nSPS) is 11.8. The topological polar surface area (TPSA) is 77.6 Å². The molecular weight excluding hydrogens is 611 g/mol. The number of nitrogens with zero attached hydrogens (tertiary/aromatic N) is 5. The van der Waals surface area contributed by atoms with Gasteiger partial charge in [0.1, 0.15) is 5.52 Å². The zero-order chi connectivity index (χ0) is 31.6. The minimum atomic E-state index is 0.545. The summed E-state index contributed by atoms with van der Waals surface area (Å²) in [5.41, 5.74) is 5.22. The molecule has 10 rings (SSSR count). The average Bonchev–Trinajstić information content (AvgIpc) is 3.77. The molecule has 0 aliphatic carbocycles. The fraction of sp³-hybridized carbons (Fsp3) is 0. The highest BCUT2D eigenvalue weighted by atomic mass is 32.1. The molecule has 4 aromatic heterocycles. The molecule has 0 N–H and O–H groups in total. The first kappa shape index (κ1) is 26.9. The maximum Gasteiger partial charge on any atom is 0.228 e. The van der Waals surface area contributed by atoms with Gasteiger partial charge in [-0.05, 0) is 52.6 Å². The third-order valence-electron chi connectivity index (χ3n) is 8.84. The van der Waals surface area contributed by atoms with E-state index in [1.807, 2.05) is 48.5 Å². The number of hydrogen-bond acceptors (Lipinski definition) is 7. The molecule has 0 saturated heterocycles. The van der Waals surface area contributed by atoms with Crippen LogP contribution in [-0.4, -0.2) is 24.9 Å². The number of rotatable bonds is 4. The van der Waals surface area contributed by atoms with Gasteiger partial charge in [0.15, 0.2) is 23.1 Å². The molecule has 0 bridgehead atoms. The standard InChI is InChI=1S/C41H23N5OS/c1-2-10-24(11-3-1)38-44-39(30-16-8-18-34-36(30)29-15-6-7-17-33(29)48-34)46-40(45-38)31-22-25-19-20-32-37(35(25)28-14-5-4-13-27(28)31)47-41(43-32)26-12-9-21-42-23-26/h1-23H. The smallest absolute Gasteiger partial charge is 0.228 e. The van der Waals surface area contributed by atoms with Crippen LogP contribution in [0.4, 0.5) is 0 Å². The Morgan fingerprint density at radius 1 is 0.500 bits per heavy atom. The van der Waals surface area contributed by atoms with Crippen LogP contribution in [0.1, 0.15) is 0 Å². The Labute approximate surface area is 278 Å². The maximum atomic E-state index is 6.45. The van der Waals surface area contributed by atoms with Gasteiger partial charge in [-0.2, -0.15) is 0 Å². The Bertz CT molecular complexity index is 2840. The Morgan fingerprint density at radius 3 is 2.08 bits per heavy atom. The van der Waals surface area contributed by atoms with E-state index in [0.29, 0.717) is 23.4 Å². The Kier molecular flexibility index (Phi) is 5.94. The molecule has 6 nitrogen and oxygen atoms in total. The summed E-state index contributed by atoms with van der Waals surface area (Å²) >= 11 is 1.79. The molecule has 0 atom stereocenters. The summed E-state index contributed by atoms with van der Waals surface area (Å²) in [6, 6.07) is 43.5. The fourth-order valence-electron chi connectivity index (χ4n) is 6.67. The van der Waals surface area contributed by atoms with Gasteiger partial charge in [-0.1, -0.05) is 91.0 Å². The van der Waals surface area contributed by atoms with Crippen LogP contribution in [0.25, 0.3) is 98.4 Å². The van der Waals surface area contributed by atoms with Crippen LogP contribution in [0.3, 0.4) is 0 Å². The summed E-state index contributed by atoms with van der Waals surface area (Å²) in [5, 5.41) is 6.44. The predicted molar refractivity (Wildman–Crippen MR) is 195 cm³/mol. The van der Waals surface area contributed by atoms with E-state index in [1.54, 1.807) is 23.7 Å². The number of benzene rings is 6. The summed E-state index contributed by atoms with van der Waals surface area (Å²) in [6.07, 6.45) is 3.51. The predicted octanol–water partition coefficient (Wildman–Crippen LogP) is 10.8. The second kappa shape index (κ2) is 10.6. The minimum Gasteiger partial charge on any atom is -0.435 e. The van der Waals surface area contributed by atoms with Crippen molar-refractivity contribution in [2.75, 3.05) is 0 Å². The van der Waals surface area contributed by atoms with E-state index in [9.17, 15) is 0 Å². The SMILES string of the molecule is c1ccc(-c2nc(-c3cc4ccc5nc(-c6cccnc6)oc5c4c4ccccc34)nc(-c3cccc4sc5ccccc5c34)n2)cc1. The Hall–Kier alpha value is -6.31. The molecule has 10 aromatic rings. The molecule has 0 amide bonds. The Morgan fingerprint density at radius 2 is 1.23 bits per heavy atom. The van der Waals surface area contributed by atoms with E-state index in [1.165, 1.54) is 14.8 Å². The average molecular weight is 634 g/mol. The zero-order valence-electron chi connectivity index (χ0n) is 25.3. The third-order valence-corrected chi connectivity index (χ3v) is 9.97. The summed E-state index contributed by atoms with van der Waals surface area (Å²) < 4.78 is 8.89. The van der Waals surface area contributed by atoms with Gasteiger partial charge in [0.05, 0.1) is 5.56 Å². The van der Waals surface area contributed by atoms with E-state index < -0.39 is 0 Å². The lowest BCUT2D eigenvalue weighted by molar-refractivity contribution is 0.623. The van der Waals surface area contributed by atoms with Gasteiger partial charge in [0, 0.05) is 54.6 Å². The molecule has 0 aliphatic heterocycles. The van der Waals surface area contributed by atoms with E-state index >= 15 is 0 Å². The van der Waals surface area contributed by atoms with Crippen molar-refractivity contribution in [2.45, 2.75) is 0 Å². The Balaban J connectivity index is 1.25. The fourth-order valence-corrected chi connectivity index (χ4v) is 7.80. The molecule has 224 valence electrons. The molecule has 48 heavy (non-hydrogen) atoms. The van der Waals surface area contributed by atoms with Crippen LogP contribution in [0.2, 0.25) is 0 Å². The molecule has 0 aliphatic rings. The number of fused-ring (bicyclic) bond motifs is 8. The van der Waals surface area contributed by atoms with Crippen molar-refractivity contribution in [1.82, 2.24) is 24.9 Å². The third kappa shape index (κ3) is 4.22. The summed E-state index contributed by atoms with van der Waals surface area (Å²) in [6.45, 7) is 0. The number of hydrogen-bond donors (Lipinski definition) is 0. The molecule has 0 unspecified atom stereocenters. The van der Waals surface area contributed by atoms with Gasteiger partial charge in [-0.25, -0.2) is 19.9 Å². The highest BCUT2D eigenvalue weighted by Crippen LogP contribution is 2.42. The maximum absolute atomic E-state index is 6.45. The first-order valence-electron chi connectivity index (χ1n) is 15.7. The van der Waals surface area contributed by atoms with Crippen molar-refractivity contribution in [1.29, 1.82) is 0 Å². The van der Waals surface area contributed by atoms with Crippen molar-refractivity contribution in [3.8, 4) is 45.6 Å². The van der Waals surface area contributed by atoms with Crippen LogP contribution in [0.5, 0.6) is 0 Å². The van der Waals surface area contributed by atoms with E-state index in [4.69, 9.17) is 24.4 Å². The summed E-state index contributed by atoms with van der Waals surface area (Å²) in [7, 11) is 0. The summed E-state index contributed by atoms with van der Waals surface area (Å²) in [5.74, 6) is 2.43. The lowest BCUT2D eigenvalue weighted by Crippen LogP contribution is -2.01. The zero-order valence-corrected chi connectivity index (χ0v) is 26.1. The molecule has 0 fully saturated rings. The number of oxazole rings is 1. The summed E-state index contributed by atoms with van der Waals surface area (Å²) in [4.78, 5) is 24.5. The molecule has 6 aromatic carbocycles. The monoisotopic (exact) mass is 633 g/mol. The van der Waals surface area contributed by atoms with Gasteiger partial charge in [0.2, 0.25) is 5.89 Å². The molecule has 0 radical (unpaired) electrons. The number of pyridine rings is 1. The first-order chi connectivity index (χ1) is 23.8. The van der Waals surface area contributed by atoms with Crippen molar-refractivity contribution in [2.24, 2.45) is 0 Å². The van der Waals surface area contributed by atoms with Gasteiger partial charge < -0.3 is 4.42 Å². The minimum absolute atomic E-state index is 0.545. The number of aromatic nitrogens is 5. The van der Waals surface area contributed by atoms with Crippen LogP contribution < -0.4 is 0 Å². The largest absolute Gasteiger partial charge is 0.435 e.